The predicted octanol–water partition coefficient (Wildman–Crippen LogP) is 1.95. The maximum atomic E-state index is 11.7. The average Bonchev–Trinajstić information content (AvgIpc) is 2.29. The van der Waals surface area contributed by atoms with E-state index in [4.69, 9.17) is 0 Å². The van der Waals surface area contributed by atoms with Crippen LogP contribution >= 0.6 is 22.6 Å². The zero-order valence-corrected chi connectivity index (χ0v) is 11.1. The number of nitro benzene ring substituents is 1. The van der Waals surface area contributed by atoms with Gasteiger partial charge in [0.05, 0.1) is 17.0 Å². The van der Waals surface area contributed by atoms with Crippen molar-refractivity contribution in [3.05, 3.63) is 37.4 Å². The molecule has 1 aromatic rings. The Morgan fingerprint density at radius 3 is 2.88 bits per heavy atom. The van der Waals surface area contributed by atoms with Gasteiger partial charge < -0.3 is 5.32 Å². The first-order valence-electron chi connectivity index (χ1n) is 4.68. The predicted molar refractivity (Wildman–Crippen MR) is 71.6 cm³/mol. The molecule has 17 heavy (non-hydrogen) atoms. The molecule has 0 aliphatic heterocycles. The Balaban J connectivity index is 2.94. The Hall–Kier alpha value is -1.62. The maximum absolute atomic E-state index is 11.7. The first-order chi connectivity index (χ1) is 8.06. The van der Waals surface area contributed by atoms with Crippen LogP contribution in [0.2, 0.25) is 0 Å². The van der Waals surface area contributed by atoms with Gasteiger partial charge in [-0.25, -0.2) is 0 Å². The third kappa shape index (κ3) is 3.71. The van der Waals surface area contributed by atoms with E-state index in [-0.39, 0.29) is 23.7 Å². The molecular weight excluding hydrogens is 335 g/mol. The molecule has 0 fully saturated rings. The van der Waals surface area contributed by atoms with Crippen LogP contribution in [0.3, 0.4) is 0 Å². The smallest absolute Gasteiger partial charge is 0.270 e. The van der Waals surface area contributed by atoms with Crippen molar-refractivity contribution in [2.45, 2.75) is 6.92 Å². The zero-order valence-electron chi connectivity index (χ0n) is 8.99. The van der Waals surface area contributed by atoms with Gasteiger partial charge in [0, 0.05) is 15.7 Å². The summed E-state index contributed by atoms with van der Waals surface area (Å²) < 4.78 is 0.662. The minimum Gasteiger partial charge on any atom is -0.341 e. The van der Waals surface area contributed by atoms with Crippen molar-refractivity contribution in [2.75, 3.05) is 6.54 Å². The van der Waals surface area contributed by atoms with Crippen molar-refractivity contribution >= 4 is 34.2 Å². The molecule has 0 radical (unpaired) electrons. The number of benzene rings is 1. The van der Waals surface area contributed by atoms with Gasteiger partial charge in [-0.15, -0.1) is 5.92 Å². The third-order valence-electron chi connectivity index (χ3n) is 1.92. The number of nitrogens with one attached hydrogen (secondary N) is 1. The van der Waals surface area contributed by atoms with Gasteiger partial charge in [-0.1, -0.05) is 5.92 Å². The van der Waals surface area contributed by atoms with Gasteiger partial charge in [-0.3, -0.25) is 14.9 Å². The molecule has 0 saturated heterocycles. The number of non-ortho nitro benzene ring substituents is 1. The van der Waals surface area contributed by atoms with E-state index in [0.717, 1.165) is 0 Å². The Morgan fingerprint density at radius 1 is 1.59 bits per heavy atom. The van der Waals surface area contributed by atoms with E-state index in [2.05, 4.69) is 17.2 Å². The highest BCUT2D eigenvalue weighted by atomic mass is 127. The molecule has 0 aliphatic rings. The Labute approximate surface area is 112 Å². The van der Waals surface area contributed by atoms with Crippen LogP contribution in [0.1, 0.15) is 17.3 Å². The molecule has 0 aromatic heterocycles. The van der Waals surface area contributed by atoms with E-state index < -0.39 is 4.92 Å². The summed E-state index contributed by atoms with van der Waals surface area (Å²) in [4.78, 5) is 21.8. The molecule has 0 aliphatic carbocycles. The summed E-state index contributed by atoms with van der Waals surface area (Å²) in [5.41, 5.74) is 0.190. The second-order valence-electron chi connectivity index (χ2n) is 3.03. The largest absolute Gasteiger partial charge is 0.341 e. The van der Waals surface area contributed by atoms with Gasteiger partial charge in [0.2, 0.25) is 0 Å². The highest BCUT2D eigenvalue weighted by Crippen LogP contribution is 2.19. The number of carbonyl (C=O) groups excluding carboxylic acids is 1. The number of hydrogen-bond donors (Lipinski definition) is 1. The van der Waals surface area contributed by atoms with Gasteiger partial charge >= 0.3 is 0 Å². The van der Waals surface area contributed by atoms with Crippen molar-refractivity contribution in [1.82, 2.24) is 5.32 Å². The normalized spacial score (nSPS) is 9.06. The van der Waals surface area contributed by atoms with E-state index in [0.29, 0.717) is 3.57 Å². The maximum Gasteiger partial charge on any atom is 0.270 e. The number of halogens is 1. The molecule has 0 saturated carbocycles. The fourth-order valence-corrected chi connectivity index (χ4v) is 1.69. The topological polar surface area (TPSA) is 72.2 Å². The van der Waals surface area contributed by atoms with Gasteiger partial charge in [-0.2, -0.15) is 0 Å². The lowest BCUT2D eigenvalue weighted by Crippen LogP contribution is -2.24. The number of rotatable bonds is 3. The SMILES string of the molecule is CC#CCNC(=O)c1cc([N+](=O)[O-])ccc1I. The minimum atomic E-state index is -0.529. The van der Waals surface area contributed by atoms with Gasteiger partial charge in [-0.05, 0) is 35.6 Å². The van der Waals surface area contributed by atoms with Crippen LogP contribution in [0.5, 0.6) is 0 Å². The van der Waals surface area contributed by atoms with Gasteiger partial charge in [0.25, 0.3) is 11.6 Å². The van der Waals surface area contributed by atoms with Crippen LogP contribution in [-0.2, 0) is 0 Å². The van der Waals surface area contributed by atoms with E-state index >= 15 is 0 Å². The fraction of sp³-hybridized carbons (Fsp3) is 0.182. The summed E-state index contributed by atoms with van der Waals surface area (Å²) >= 11 is 1.96. The first-order valence-corrected chi connectivity index (χ1v) is 5.76. The van der Waals surface area contributed by atoms with E-state index in [1.807, 2.05) is 22.6 Å². The van der Waals surface area contributed by atoms with Crippen molar-refractivity contribution in [2.24, 2.45) is 0 Å². The number of nitro groups is 1. The molecule has 0 heterocycles. The summed E-state index contributed by atoms with van der Waals surface area (Å²) in [6.07, 6.45) is 0. The van der Waals surface area contributed by atoms with Gasteiger partial charge in [0.15, 0.2) is 0 Å². The lowest BCUT2D eigenvalue weighted by molar-refractivity contribution is -0.384. The van der Waals surface area contributed by atoms with E-state index in [1.165, 1.54) is 12.1 Å². The summed E-state index contributed by atoms with van der Waals surface area (Å²) in [6, 6.07) is 4.17. The second-order valence-corrected chi connectivity index (χ2v) is 4.19. The third-order valence-corrected chi connectivity index (χ3v) is 2.86. The van der Waals surface area contributed by atoms with Crippen molar-refractivity contribution in [3.63, 3.8) is 0 Å². The van der Waals surface area contributed by atoms with Gasteiger partial charge in [0.1, 0.15) is 0 Å². The van der Waals surface area contributed by atoms with Crippen LogP contribution < -0.4 is 5.32 Å². The zero-order chi connectivity index (χ0) is 12.8. The van der Waals surface area contributed by atoms with Crippen LogP contribution in [0, 0.1) is 25.5 Å². The Morgan fingerprint density at radius 2 is 2.29 bits per heavy atom. The van der Waals surface area contributed by atoms with E-state index in [1.54, 1.807) is 13.0 Å². The Bertz CT molecular complexity index is 517. The molecule has 0 atom stereocenters. The molecule has 0 unspecified atom stereocenters. The molecule has 88 valence electrons. The van der Waals surface area contributed by atoms with Crippen molar-refractivity contribution < 1.29 is 9.72 Å². The molecule has 1 rings (SSSR count). The molecule has 1 aromatic carbocycles. The monoisotopic (exact) mass is 344 g/mol. The number of nitrogens with zero attached hydrogens (tertiary/aromatic N) is 1. The molecule has 5 nitrogen and oxygen atoms in total. The van der Waals surface area contributed by atoms with Crippen LogP contribution in [0.15, 0.2) is 18.2 Å². The Kier molecular flexibility index (Phi) is 4.90. The molecule has 0 spiro atoms. The lowest BCUT2D eigenvalue weighted by atomic mass is 10.2. The average molecular weight is 344 g/mol. The van der Waals surface area contributed by atoms with Crippen molar-refractivity contribution in [1.29, 1.82) is 0 Å². The number of hydrogen-bond acceptors (Lipinski definition) is 3. The van der Waals surface area contributed by atoms with Crippen molar-refractivity contribution in [3.8, 4) is 11.8 Å². The number of carbonyl (C=O) groups is 1. The minimum absolute atomic E-state index is 0.0999. The molecule has 1 N–H and O–H groups in total. The second kappa shape index (κ2) is 6.20. The highest BCUT2D eigenvalue weighted by Gasteiger charge is 2.14. The number of amides is 1. The molecule has 6 heteroatoms. The quantitative estimate of drug-likeness (QED) is 0.394. The first kappa shape index (κ1) is 13.4. The highest BCUT2D eigenvalue weighted by molar-refractivity contribution is 14.1. The van der Waals surface area contributed by atoms with Crippen LogP contribution in [0.4, 0.5) is 5.69 Å². The molecule has 1 amide bonds. The summed E-state index contributed by atoms with van der Waals surface area (Å²) in [5, 5.41) is 13.2. The summed E-state index contributed by atoms with van der Waals surface area (Å²) in [7, 11) is 0. The van der Waals surface area contributed by atoms with Crippen LogP contribution in [0.25, 0.3) is 0 Å². The molecule has 0 bridgehead atoms. The fourth-order valence-electron chi connectivity index (χ4n) is 1.11. The van der Waals surface area contributed by atoms with E-state index in [9.17, 15) is 14.9 Å². The lowest BCUT2D eigenvalue weighted by Gasteiger charge is -2.03. The standard InChI is InChI=1S/C11H9IN2O3/c1-2-3-6-13-11(15)9-7-8(14(16)17)4-5-10(9)12/h4-5,7H,6H2,1H3,(H,13,15). The molecular formula is C11H9IN2O3. The summed E-state index contributed by atoms with van der Waals surface area (Å²) in [6.45, 7) is 1.90. The summed E-state index contributed by atoms with van der Waals surface area (Å²) in [5.74, 6) is 4.97. The van der Waals surface area contributed by atoms with Crippen LogP contribution in [-0.4, -0.2) is 17.4 Å².